The molecule has 0 unspecified atom stereocenters. The Morgan fingerprint density at radius 3 is 2.55 bits per heavy atom. The summed E-state index contributed by atoms with van der Waals surface area (Å²) < 4.78 is 6.84. The minimum Gasteiger partial charge on any atom is -0.497 e. The van der Waals surface area contributed by atoms with Crippen molar-refractivity contribution in [2.75, 3.05) is 7.11 Å². The summed E-state index contributed by atoms with van der Waals surface area (Å²) in [6.45, 7) is -0.124. The van der Waals surface area contributed by atoms with Gasteiger partial charge in [-0.25, -0.2) is 4.68 Å². The molecule has 1 aromatic heterocycles. The van der Waals surface area contributed by atoms with Crippen LogP contribution in [0.4, 0.5) is 0 Å². The molecule has 0 fully saturated rings. The molecule has 4 nitrogen and oxygen atoms in total. The third-order valence-corrected chi connectivity index (χ3v) is 3.87. The van der Waals surface area contributed by atoms with E-state index in [0.717, 1.165) is 22.6 Å². The van der Waals surface area contributed by atoms with E-state index in [2.05, 4.69) is 5.10 Å². The van der Waals surface area contributed by atoms with Gasteiger partial charge >= 0.3 is 0 Å². The zero-order valence-electron chi connectivity index (χ0n) is 12.0. The van der Waals surface area contributed by atoms with E-state index in [0.29, 0.717) is 10.7 Å². The monoisotopic (exact) mass is 314 g/mol. The number of ether oxygens (including phenoxy) is 1. The number of halogens is 1. The van der Waals surface area contributed by atoms with Crippen LogP contribution in [0.25, 0.3) is 16.8 Å². The second kappa shape index (κ2) is 6.22. The Bertz CT molecular complexity index is 782. The Labute approximate surface area is 133 Å². The van der Waals surface area contributed by atoms with Crippen LogP contribution in [0.5, 0.6) is 5.75 Å². The molecule has 22 heavy (non-hydrogen) atoms. The zero-order valence-corrected chi connectivity index (χ0v) is 12.8. The maximum absolute atomic E-state index is 9.17. The van der Waals surface area contributed by atoms with Crippen LogP contribution in [-0.4, -0.2) is 22.0 Å². The molecule has 0 bridgehead atoms. The quantitative estimate of drug-likeness (QED) is 0.799. The molecule has 0 saturated heterocycles. The van der Waals surface area contributed by atoms with Crippen molar-refractivity contribution in [3.8, 4) is 22.6 Å². The molecule has 0 saturated carbocycles. The topological polar surface area (TPSA) is 47.3 Å². The van der Waals surface area contributed by atoms with Crippen LogP contribution in [0.2, 0.25) is 5.15 Å². The van der Waals surface area contributed by atoms with Gasteiger partial charge in [-0.2, -0.15) is 5.10 Å². The molecular formula is C17H15ClN2O2. The zero-order chi connectivity index (χ0) is 15.5. The fourth-order valence-electron chi connectivity index (χ4n) is 2.25. The first-order valence-corrected chi connectivity index (χ1v) is 7.19. The van der Waals surface area contributed by atoms with Crippen LogP contribution >= 0.6 is 11.6 Å². The van der Waals surface area contributed by atoms with E-state index in [9.17, 15) is 5.11 Å². The minimum atomic E-state index is -0.124. The molecule has 1 heterocycles. The van der Waals surface area contributed by atoms with Crippen LogP contribution in [0.15, 0.2) is 54.7 Å². The van der Waals surface area contributed by atoms with Gasteiger partial charge in [0.05, 0.1) is 25.6 Å². The van der Waals surface area contributed by atoms with Crippen LogP contribution in [0.3, 0.4) is 0 Å². The number of aliphatic hydroxyl groups excluding tert-OH is 1. The van der Waals surface area contributed by atoms with Gasteiger partial charge in [0.2, 0.25) is 0 Å². The standard InChI is InChI=1S/C17H15ClN2O2/c1-22-16-4-2-3-13(9-16)12-5-7-15(8-6-12)20-17(18)14(11-21)10-19-20/h2-10,21H,11H2,1H3. The van der Waals surface area contributed by atoms with Crippen molar-refractivity contribution < 1.29 is 9.84 Å². The van der Waals surface area contributed by atoms with Crippen LogP contribution in [0, 0.1) is 0 Å². The molecule has 0 amide bonds. The molecule has 0 aliphatic rings. The summed E-state index contributed by atoms with van der Waals surface area (Å²) in [4.78, 5) is 0. The Balaban J connectivity index is 1.93. The highest BCUT2D eigenvalue weighted by Gasteiger charge is 2.09. The van der Waals surface area contributed by atoms with Crippen LogP contribution < -0.4 is 4.74 Å². The number of methoxy groups -OCH3 is 1. The minimum absolute atomic E-state index is 0.124. The van der Waals surface area contributed by atoms with E-state index in [-0.39, 0.29) is 6.61 Å². The summed E-state index contributed by atoms with van der Waals surface area (Å²) in [5, 5.41) is 13.8. The predicted molar refractivity (Wildman–Crippen MR) is 86.5 cm³/mol. The Morgan fingerprint density at radius 1 is 1.14 bits per heavy atom. The average Bonchev–Trinajstić information content (AvgIpc) is 2.96. The first-order chi connectivity index (χ1) is 10.7. The lowest BCUT2D eigenvalue weighted by Crippen LogP contribution is -1.96. The fourth-order valence-corrected chi connectivity index (χ4v) is 2.50. The molecule has 0 aliphatic carbocycles. The van der Waals surface area contributed by atoms with Crippen LogP contribution in [-0.2, 0) is 6.61 Å². The van der Waals surface area contributed by atoms with E-state index in [4.69, 9.17) is 16.3 Å². The van der Waals surface area contributed by atoms with Gasteiger partial charge < -0.3 is 9.84 Å². The molecule has 0 aliphatic heterocycles. The van der Waals surface area contributed by atoms with Gasteiger partial charge in [0, 0.05) is 5.56 Å². The Hall–Kier alpha value is -2.30. The number of hydrogen-bond acceptors (Lipinski definition) is 3. The lowest BCUT2D eigenvalue weighted by molar-refractivity contribution is 0.282. The summed E-state index contributed by atoms with van der Waals surface area (Å²) in [7, 11) is 1.65. The van der Waals surface area contributed by atoms with Crippen molar-refractivity contribution in [1.82, 2.24) is 9.78 Å². The Kier molecular flexibility index (Phi) is 4.13. The van der Waals surface area contributed by atoms with E-state index in [1.54, 1.807) is 18.0 Å². The number of nitrogens with zero attached hydrogens (tertiary/aromatic N) is 2. The maximum Gasteiger partial charge on any atom is 0.138 e. The highest BCUT2D eigenvalue weighted by atomic mass is 35.5. The SMILES string of the molecule is COc1cccc(-c2ccc(-n3ncc(CO)c3Cl)cc2)c1. The summed E-state index contributed by atoms with van der Waals surface area (Å²) in [6, 6.07) is 15.8. The Morgan fingerprint density at radius 2 is 1.91 bits per heavy atom. The third kappa shape index (κ3) is 2.71. The molecule has 112 valence electrons. The summed E-state index contributed by atoms with van der Waals surface area (Å²) in [5.74, 6) is 0.823. The molecule has 2 aromatic carbocycles. The van der Waals surface area contributed by atoms with E-state index in [1.165, 1.54) is 0 Å². The molecule has 5 heteroatoms. The average molecular weight is 315 g/mol. The lowest BCUT2D eigenvalue weighted by atomic mass is 10.1. The van der Waals surface area contributed by atoms with E-state index in [1.807, 2.05) is 48.5 Å². The highest BCUT2D eigenvalue weighted by Crippen LogP contribution is 2.26. The van der Waals surface area contributed by atoms with E-state index < -0.39 is 0 Å². The summed E-state index contributed by atoms with van der Waals surface area (Å²) in [6.07, 6.45) is 1.57. The van der Waals surface area contributed by atoms with Gasteiger partial charge in [0.15, 0.2) is 0 Å². The number of aliphatic hydroxyl groups is 1. The van der Waals surface area contributed by atoms with Gasteiger partial charge in [-0.1, -0.05) is 35.9 Å². The second-order valence-corrected chi connectivity index (χ2v) is 5.17. The largest absolute Gasteiger partial charge is 0.497 e. The van der Waals surface area contributed by atoms with Gasteiger partial charge in [-0.3, -0.25) is 0 Å². The molecule has 0 radical (unpaired) electrons. The van der Waals surface area contributed by atoms with Gasteiger partial charge in [-0.05, 0) is 35.4 Å². The lowest BCUT2D eigenvalue weighted by Gasteiger charge is -2.07. The molecule has 0 spiro atoms. The fraction of sp³-hybridized carbons (Fsp3) is 0.118. The number of rotatable bonds is 4. The van der Waals surface area contributed by atoms with Crippen molar-refractivity contribution in [2.45, 2.75) is 6.61 Å². The molecular weight excluding hydrogens is 300 g/mol. The van der Waals surface area contributed by atoms with Crippen molar-refractivity contribution >= 4 is 11.6 Å². The van der Waals surface area contributed by atoms with E-state index >= 15 is 0 Å². The smallest absolute Gasteiger partial charge is 0.138 e. The normalized spacial score (nSPS) is 10.7. The summed E-state index contributed by atoms with van der Waals surface area (Å²) >= 11 is 6.18. The second-order valence-electron chi connectivity index (χ2n) is 4.81. The highest BCUT2D eigenvalue weighted by molar-refractivity contribution is 6.30. The molecule has 3 rings (SSSR count). The van der Waals surface area contributed by atoms with Gasteiger partial charge in [0.1, 0.15) is 10.9 Å². The number of aromatic nitrogens is 2. The van der Waals surface area contributed by atoms with Gasteiger partial charge in [-0.15, -0.1) is 0 Å². The summed E-state index contributed by atoms with van der Waals surface area (Å²) in [5.41, 5.74) is 3.61. The number of benzene rings is 2. The molecule has 1 N–H and O–H groups in total. The molecule has 0 atom stereocenters. The van der Waals surface area contributed by atoms with Crippen molar-refractivity contribution in [3.05, 3.63) is 65.4 Å². The predicted octanol–water partition coefficient (Wildman–Crippen LogP) is 3.69. The van der Waals surface area contributed by atoms with Crippen molar-refractivity contribution in [2.24, 2.45) is 0 Å². The first kappa shape index (κ1) is 14.6. The maximum atomic E-state index is 9.17. The van der Waals surface area contributed by atoms with Crippen molar-refractivity contribution in [3.63, 3.8) is 0 Å². The third-order valence-electron chi connectivity index (χ3n) is 3.47. The number of hydrogen-bond donors (Lipinski definition) is 1. The van der Waals surface area contributed by atoms with Crippen molar-refractivity contribution in [1.29, 1.82) is 0 Å². The van der Waals surface area contributed by atoms with Gasteiger partial charge in [0.25, 0.3) is 0 Å². The van der Waals surface area contributed by atoms with Crippen LogP contribution in [0.1, 0.15) is 5.56 Å². The first-order valence-electron chi connectivity index (χ1n) is 6.81. The molecule has 3 aromatic rings.